The molecule has 1 heterocycles. The van der Waals surface area contributed by atoms with Crippen LogP contribution in [0.15, 0.2) is 59.4 Å². The van der Waals surface area contributed by atoms with Gasteiger partial charge < -0.3 is 0 Å². The van der Waals surface area contributed by atoms with E-state index in [-0.39, 0.29) is 5.95 Å². The molecule has 0 amide bonds. The molecular formula is C16H14ClN5O. The summed E-state index contributed by atoms with van der Waals surface area (Å²) in [6, 6.07) is 16.1. The first kappa shape index (κ1) is 15.2. The molecule has 116 valence electrons. The smallest absolute Gasteiger partial charge is 0.248 e. The van der Waals surface area contributed by atoms with Crippen molar-refractivity contribution < 1.29 is 0 Å². The van der Waals surface area contributed by atoms with Gasteiger partial charge in [0.2, 0.25) is 0 Å². The minimum absolute atomic E-state index is 0.136. The fraction of sp³-hybridized carbons (Fsp3) is 0.0625. The van der Waals surface area contributed by atoms with Crippen molar-refractivity contribution in [1.82, 2.24) is 14.5 Å². The van der Waals surface area contributed by atoms with Crippen LogP contribution in [0.4, 0.5) is 11.6 Å². The highest BCUT2D eigenvalue weighted by Gasteiger charge is 2.13. The summed E-state index contributed by atoms with van der Waals surface area (Å²) < 4.78 is 1.38. The highest BCUT2D eigenvalue weighted by Crippen LogP contribution is 2.18. The average molecular weight is 328 g/mol. The van der Waals surface area contributed by atoms with E-state index in [1.165, 1.54) is 9.58 Å². The third-order valence-corrected chi connectivity index (χ3v) is 3.52. The number of hydrogen-bond donors (Lipinski definition) is 1. The zero-order chi connectivity index (χ0) is 16.4. The van der Waals surface area contributed by atoms with Gasteiger partial charge in [-0.25, -0.2) is 20.2 Å². The topological polar surface area (TPSA) is 77.0 Å². The van der Waals surface area contributed by atoms with E-state index in [0.717, 1.165) is 0 Å². The Labute approximate surface area is 137 Å². The Morgan fingerprint density at radius 1 is 1.09 bits per heavy atom. The van der Waals surface area contributed by atoms with Crippen LogP contribution in [-0.4, -0.2) is 14.5 Å². The van der Waals surface area contributed by atoms with E-state index in [4.69, 9.17) is 17.4 Å². The Morgan fingerprint density at radius 3 is 2.48 bits per heavy atom. The highest BCUT2D eigenvalue weighted by molar-refractivity contribution is 6.30. The number of aromatic nitrogens is 3. The van der Waals surface area contributed by atoms with E-state index >= 15 is 0 Å². The van der Waals surface area contributed by atoms with Gasteiger partial charge in [0.15, 0.2) is 0 Å². The second-order valence-electron chi connectivity index (χ2n) is 4.87. The van der Waals surface area contributed by atoms with Gasteiger partial charge in [0.05, 0.1) is 11.4 Å². The number of hydrogen-bond acceptors (Lipinski definition) is 5. The lowest BCUT2D eigenvalue weighted by Crippen LogP contribution is -2.33. The van der Waals surface area contributed by atoms with Gasteiger partial charge in [-0.2, -0.15) is 9.97 Å². The molecule has 0 fully saturated rings. The molecule has 0 radical (unpaired) electrons. The molecule has 2 N–H and O–H groups in total. The van der Waals surface area contributed by atoms with Gasteiger partial charge in [0.1, 0.15) is 5.82 Å². The van der Waals surface area contributed by atoms with Gasteiger partial charge in [-0.05, 0) is 37.3 Å². The largest absolute Gasteiger partial charge is 0.356 e. The average Bonchev–Trinajstić information content (AvgIpc) is 2.54. The van der Waals surface area contributed by atoms with E-state index in [1.54, 1.807) is 43.3 Å². The molecular weight excluding hydrogens is 314 g/mol. The first-order valence-electron chi connectivity index (χ1n) is 6.90. The molecule has 0 saturated carbocycles. The molecule has 0 atom stereocenters. The van der Waals surface area contributed by atoms with Crippen LogP contribution >= 0.6 is 11.6 Å². The Kier molecular flexibility index (Phi) is 4.10. The summed E-state index contributed by atoms with van der Waals surface area (Å²) in [6.45, 7) is 1.71. The van der Waals surface area contributed by atoms with Gasteiger partial charge in [-0.3, -0.25) is 0 Å². The number of nitrogens with zero attached hydrogens (tertiary/aromatic N) is 4. The zero-order valence-electron chi connectivity index (χ0n) is 12.3. The van der Waals surface area contributed by atoms with Gasteiger partial charge in [0.25, 0.3) is 5.95 Å². The van der Waals surface area contributed by atoms with Crippen molar-refractivity contribution in [3.8, 4) is 5.69 Å². The lowest BCUT2D eigenvalue weighted by molar-refractivity contribution is 0.792. The van der Waals surface area contributed by atoms with Gasteiger partial charge in [0, 0.05) is 5.02 Å². The molecule has 0 aliphatic carbocycles. The van der Waals surface area contributed by atoms with Crippen LogP contribution in [0, 0.1) is 6.92 Å². The molecule has 3 aromatic rings. The molecule has 0 spiro atoms. The Morgan fingerprint density at radius 2 is 1.83 bits per heavy atom. The van der Waals surface area contributed by atoms with E-state index in [1.807, 2.05) is 18.2 Å². The normalized spacial score (nSPS) is 10.6. The van der Waals surface area contributed by atoms with Crippen LogP contribution in [0.3, 0.4) is 0 Å². The van der Waals surface area contributed by atoms with Crippen LogP contribution in [0.5, 0.6) is 0 Å². The highest BCUT2D eigenvalue weighted by atomic mass is 35.5. The Hall–Kier alpha value is -2.70. The second kappa shape index (κ2) is 6.20. The van der Waals surface area contributed by atoms with Gasteiger partial charge in [-0.15, -0.1) is 0 Å². The number of anilines is 2. The number of halogens is 1. The molecule has 0 aliphatic heterocycles. The van der Waals surface area contributed by atoms with E-state index in [2.05, 4.69) is 9.97 Å². The lowest BCUT2D eigenvalue weighted by atomic mass is 10.3. The van der Waals surface area contributed by atoms with Crippen molar-refractivity contribution in [3.05, 3.63) is 75.9 Å². The summed E-state index contributed by atoms with van der Waals surface area (Å²) in [7, 11) is 0. The number of para-hydroxylation sites is 1. The van der Waals surface area contributed by atoms with Crippen LogP contribution < -0.4 is 16.5 Å². The number of hydrazine groups is 1. The summed E-state index contributed by atoms with van der Waals surface area (Å²) in [4.78, 5) is 20.7. The predicted octanol–water partition coefficient (Wildman–Crippen LogP) is 2.60. The fourth-order valence-electron chi connectivity index (χ4n) is 2.22. The summed E-state index contributed by atoms with van der Waals surface area (Å²) in [5, 5.41) is 1.80. The third kappa shape index (κ3) is 3.08. The van der Waals surface area contributed by atoms with Crippen molar-refractivity contribution in [2.24, 2.45) is 5.84 Å². The maximum atomic E-state index is 12.4. The molecule has 6 nitrogen and oxygen atoms in total. The minimum atomic E-state index is -0.471. The number of benzene rings is 2. The monoisotopic (exact) mass is 327 g/mol. The summed E-state index contributed by atoms with van der Waals surface area (Å²) in [5.41, 5.74) is 0.822. The molecule has 0 saturated heterocycles. The van der Waals surface area contributed by atoms with Crippen LogP contribution in [0.25, 0.3) is 5.69 Å². The first-order chi connectivity index (χ1) is 11.1. The third-order valence-electron chi connectivity index (χ3n) is 3.29. The molecule has 1 aromatic heterocycles. The SMILES string of the molecule is Cc1nc(N(N)c2ccccc2)nc(=O)n1-c1cccc(Cl)c1. The van der Waals surface area contributed by atoms with E-state index in [9.17, 15) is 4.79 Å². The number of aryl methyl sites for hydroxylation is 1. The molecule has 0 bridgehead atoms. The molecule has 2 aromatic carbocycles. The maximum absolute atomic E-state index is 12.4. The summed E-state index contributed by atoms with van der Waals surface area (Å²) in [6.07, 6.45) is 0. The van der Waals surface area contributed by atoms with Gasteiger partial charge >= 0.3 is 5.69 Å². The van der Waals surface area contributed by atoms with Crippen LogP contribution in [0.1, 0.15) is 5.82 Å². The number of rotatable bonds is 3. The van der Waals surface area contributed by atoms with Crippen molar-refractivity contribution in [1.29, 1.82) is 0 Å². The summed E-state index contributed by atoms with van der Waals surface area (Å²) >= 11 is 5.98. The van der Waals surface area contributed by atoms with Crippen LogP contribution in [0.2, 0.25) is 5.02 Å². The predicted molar refractivity (Wildman–Crippen MR) is 90.1 cm³/mol. The molecule has 23 heavy (non-hydrogen) atoms. The molecule has 7 heteroatoms. The Balaban J connectivity index is 2.06. The number of nitrogens with two attached hydrogens (primary N) is 1. The Bertz CT molecular complexity index is 894. The van der Waals surface area contributed by atoms with E-state index in [0.29, 0.717) is 22.2 Å². The second-order valence-corrected chi connectivity index (χ2v) is 5.31. The van der Waals surface area contributed by atoms with Crippen LogP contribution in [-0.2, 0) is 0 Å². The minimum Gasteiger partial charge on any atom is -0.248 e. The quantitative estimate of drug-likeness (QED) is 0.591. The van der Waals surface area contributed by atoms with Crippen molar-refractivity contribution in [3.63, 3.8) is 0 Å². The maximum Gasteiger partial charge on any atom is 0.356 e. The molecule has 0 aliphatic rings. The van der Waals surface area contributed by atoms with Crippen molar-refractivity contribution in [2.75, 3.05) is 5.01 Å². The molecule has 0 unspecified atom stereocenters. The van der Waals surface area contributed by atoms with Crippen molar-refractivity contribution >= 4 is 23.2 Å². The summed E-state index contributed by atoms with van der Waals surface area (Å²) in [5.74, 6) is 6.61. The fourth-order valence-corrected chi connectivity index (χ4v) is 2.40. The lowest BCUT2D eigenvalue weighted by Gasteiger charge is -2.17. The van der Waals surface area contributed by atoms with Crippen molar-refractivity contribution in [2.45, 2.75) is 6.92 Å². The first-order valence-corrected chi connectivity index (χ1v) is 7.27. The van der Waals surface area contributed by atoms with E-state index < -0.39 is 5.69 Å². The molecule has 3 rings (SSSR count). The van der Waals surface area contributed by atoms with Gasteiger partial charge in [-0.1, -0.05) is 35.9 Å². The standard InChI is InChI=1S/C16H14ClN5O/c1-11-19-15(22(18)13-7-3-2-4-8-13)20-16(23)21(11)14-9-5-6-12(17)10-14/h2-10H,18H2,1H3. The zero-order valence-corrected chi connectivity index (χ0v) is 13.1.